The molecule has 0 atom stereocenters. The van der Waals surface area contributed by atoms with Crippen LogP contribution in [0.1, 0.15) is 13.3 Å². The summed E-state index contributed by atoms with van der Waals surface area (Å²) in [4.78, 5) is 11.1. The molecule has 3 rings (SSSR count). The standard InChI is InChI=1S/C19H15F6N5O3S/c1-2-19(24,25)8-34(31,32)30-16-11(21)6-13(14(22)15(16)23)33-17-10(5-9(20)7-28-17)12-3-4-27-18(26)29-12/h3-7,30H,2,8H2,1H3,(H2,26,27,29). The number of hydrogen-bond donors (Lipinski definition) is 2. The first-order chi connectivity index (χ1) is 15.8. The van der Waals surface area contributed by atoms with Crippen molar-refractivity contribution in [1.82, 2.24) is 15.0 Å². The van der Waals surface area contributed by atoms with Crippen LogP contribution in [0, 0.1) is 23.3 Å². The van der Waals surface area contributed by atoms with Crippen molar-refractivity contribution in [2.24, 2.45) is 0 Å². The fourth-order valence-electron chi connectivity index (χ4n) is 2.63. The van der Waals surface area contributed by atoms with Crippen LogP contribution < -0.4 is 15.2 Å². The number of sulfonamides is 1. The monoisotopic (exact) mass is 507 g/mol. The second-order valence-corrected chi connectivity index (χ2v) is 8.56. The summed E-state index contributed by atoms with van der Waals surface area (Å²) in [6.45, 7) is 1.01. The predicted octanol–water partition coefficient (Wildman–Crippen LogP) is 4.26. The number of nitrogens with two attached hydrogens (primary N) is 1. The summed E-state index contributed by atoms with van der Waals surface area (Å²) in [5, 5.41) is 0. The summed E-state index contributed by atoms with van der Waals surface area (Å²) >= 11 is 0. The van der Waals surface area contributed by atoms with Crippen LogP contribution in [-0.2, 0) is 10.0 Å². The highest BCUT2D eigenvalue weighted by Crippen LogP contribution is 2.36. The Balaban J connectivity index is 1.99. The van der Waals surface area contributed by atoms with Crippen LogP contribution in [0.15, 0.2) is 30.6 Å². The Bertz CT molecular complexity index is 1340. The molecule has 2 heterocycles. The molecule has 182 valence electrons. The van der Waals surface area contributed by atoms with Crippen LogP contribution in [0.3, 0.4) is 0 Å². The number of benzene rings is 1. The molecule has 2 aromatic heterocycles. The van der Waals surface area contributed by atoms with E-state index in [1.165, 1.54) is 17.0 Å². The number of anilines is 2. The summed E-state index contributed by atoms with van der Waals surface area (Å²) in [6.07, 6.45) is 1.03. The Hall–Kier alpha value is -3.62. The average Bonchev–Trinajstić information content (AvgIpc) is 2.75. The van der Waals surface area contributed by atoms with E-state index >= 15 is 0 Å². The lowest BCUT2D eigenvalue weighted by Gasteiger charge is -2.17. The van der Waals surface area contributed by atoms with Gasteiger partial charge in [-0.25, -0.2) is 45.3 Å². The van der Waals surface area contributed by atoms with Gasteiger partial charge in [0.25, 0.3) is 5.92 Å². The number of nitrogens with zero attached hydrogens (tertiary/aromatic N) is 3. The minimum Gasteiger partial charge on any atom is -0.435 e. The molecule has 34 heavy (non-hydrogen) atoms. The van der Waals surface area contributed by atoms with Crippen molar-refractivity contribution in [2.75, 3.05) is 16.2 Å². The zero-order valence-corrected chi connectivity index (χ0v) is 17.9. The number of halogens is 6. The summed E-state index contributed by atoms with van der Waals surface area (Å²) < 4.78 is 114. The molecule has 0 saturated carbocycles. The van der Waals surface area contributed by atoms with Gasteiger partial charge in [-0.2, -0.15) is 4.39 Å². The lowest BCUT2D eigenvalue weighted by molar-refractivity contribution is 0.0219. The van der Waals surface area contributed by atoms with Gasteiger partial charge in [0.1, 0.15) is 17.3 Å². The molecule has 0 unspecified atom stereocenters. The van der Waals surface area contributed by atoms with Crippen LogP contribution in [0.25, 0.3) is 11.3 Å². The van der Waals surface area contributed by atoms with Crippen LogP contribution in [0.5, 0.6) is 11.6 Å². The molecule has 3 N–H and O–H groups in total. The van der Waals surface area contributed by atoms with Crippen molar-refractivity contribution in [1.29, 1.82) is 0 Å². The number of pyridine rings is 1. The minimum absolute atomic E-state index is 0.0166. The molecule has 8 nitrogen and oxygen atoms in total. The SMILES string of the molecule is CCC(F)(F)CS(=O)(=O)Nc1c(F)cc(Oc2ncc(F)cc2-c2ccnc(N)n2)c(F)c1F. The third kappa shape index (κ3) is 5.65. The topological polar surface area (TPSA) is 120 Å². The molecule has 1 aromatic carbocycles. The molecule has 0 bridgehead atoms. The fourth-order valence-corrected chi connectivity index (χ4v) is 3.96. The number of aromatic nitrogens is 3. The molecule has 0 spiro atoms. The van der Waals surface area contributed by atoms with Gasteiger partial charge in [0.05, 0.1) is 17.5 Å². The summed E-state index contributed by atoms with van der Waals surface area (Å²) in [5.74, 6) is -13.8. The van der Waals surface area contributed by atoms with Gasteiger partial charge in [-0.3, -0.25) is 4.72 Å². The second-order valence-electron chi connectivity index (χ2n) is 6.84. The molecule has 0 aliphatic heterocycles. The van der Waals surface area contributed by atoms with Gasteiger partial charge < -0.3 is 10.5 Å². The van der Waals surface area contributed by atoms with Crippen molar-refractivity contribution < 1.29 is 39.5 Å². The van der Waals surface area contributed by atoms with Gasteiger partial charge in [0.15, 0.2) is 17.4 Å². The molecule has 0 amide bonds. The Morgan fingerprint density at radius 2 is 1.82 bits per heavy atom. The normalized spacial score (nSPS) is 12.0. The highest BCUT2D eigenvalue weighted by molar-refractivity contribution is 7.92. The molecule has 3 aromatic rings. The number of nitrogen functional groups attached to an aromatic ring is 1. The summed E-state index contributed by atoms with van der Waals surface area (Å²) in [6, 6.07) is 2.42. The number of alkyl halides is 2. The average molecular weight is 507 g/mol. The largest absolute Gasteiger partial charge is 0.435 e. The number of ether oxygens (including phenoxy) is 1. The van der Waals surface area contributed by atoms with E-state index in [-0.39, 0.29) is 23.3 Å². The van der Waals surface area contributed by atoms with Crippen LogP contribution >= 0.6 is 0 Å². The summed E-state index contributed by atoms with van der Waals surface area (Å²) in [7, 11) is -4.96. The Kier molecular flexibility index (Phi) is 6.86. The van der Waals surface area contributed by atoms with E-state index in [2.05, 4.69) is 15.0 Å². The van der Waals surface area contributed by atoms with Crippen molar-refractivity contribution in [3.05, 3.63) is 53.9 Å². The van der Waals surface area contributed by atoms with Gasteiger partial charge in [-0.05, 0) is 12.1 Å². The first-order valence-corrected chi connectivity index (χ1v) is 10.9. The van der Waals surface area contributed by atoms with Gasteiger partial charge in [0, 0.05) is 18.7 Å². The first-order valence-electron chi connectivity index (χ1n) is 9.30. The molecular formula is C19H15F6N5O3S. The third-order valence-electron chi connectivity index (χ3n) is 4.28. The molecule has 0 aliphatic carbocycles. The van der Waals surface area contributed by atoms with E-state index in [1.807, 2.05) is 0 Å². The zero-order chi connectivity index (χ0) is 25.3. The first kappa shape index (κ1) is 25.0. The van der Waals surface area contributed by atoms with Gasteiger partial charge in [0.2, 0.25) is 27.7 Å². The molecule has 0 saturated heterocycles. The second kappa shape index (κ2) is 9.32. The third-order valence-corrected chi connectivity index (χ3v) is 5.59. The lowest BCUT2D eigenvalue weighted by atomic mass is 10.2. The van der Waals surface area contributed by atoms with E-state index in [4.69, 9.17) is 10.5 Å². The zero-order valence-electron chi connectivity index (χ0n) is 17.1. The summed E-state index contributed by atoms with van der Waals surface area (Å²) in [5.41, 5.74) is 3.76. The number of hydrogen-bond acceptors (Lipinski definition) is 7. The van der Waals surface area contributed by atoms with Crippen molar-refractivity contribution in [3.63, 3.8) is 0 Å². The maximum absolute atomic E-state index is 14.6. The smallest absolute Gasteiger partial charge is 0.263 e. The predicted molar refractivity (Wildman–Crippen MR) is 109 cm³/mol. The fraction of sp³-hybridized carbons (Fsp3) is 0.211. The lowest BCUT2D eigenvalue weighted by Crippen LogP contribution is -2.31. The van der Waals surface area contributed by atoms with E-state index in [0.717, 1.165) is 13.0 Å². The molecule has 0 aliphatic rings. The Labute approximate surface area is 188 Å². The van der Waals surface area contributed by atoms with Crippen molar-refractivity contribution in [2.45, 2.75) is 19.3 Å². The maximum atomic E-state index is 14.6. The van der Waals surface area contributed by atoms with Crippen LogP contribution in [-0.4, -0.2) is 35.0 Å². The number of rotatable bonds is 8. The Morgan fingerprint density at radius 1 is 1.12 bits per heavy atom. The van der Waals surface area contributed by atoms with Crippen molar-refractivity contribution >= 4 is 21.7 Å². The van der Waals surface area contributed by atoms with Crippen LogP contribution in [0.2, 0.25) is 0 Å². The van der Waals surface area contributed by atoms with E-state index in [1.54, 1.807) is 0 Å². The van der Waals surface area contributed by atoms with E-state index in [0.29, 0.717) is 6.20 Å². The van der Waals surface area contributed by atoms with Crippen molar-refractivity contribution in [3.8, 4) is 22.9 Å². The highest BCUT2D eigenvalue weighted by atomic mass is 32.2. The number of nitrogens with one attached hydrogen (secondary N) is 1. The van der Waals surface area contributed by atoms with E-state index in [9.17, 15) is 34.8 Å². The van der Waals surface area contributed by atoms with Gasteiger partial charge in [-0.1, -0.05) is 6.92 Å². The molecule has 15 heteroatoms. The van der Waals surface area contributed by atoms with E-state index < -0.39 is 68.7 Å². The quantitative estimate of drug-likeness (QED) is 0.345. The molecule has 0 radical (unpaired) electrons. The van der Waals surface area contributed by atoms with Gasteiger partial charge in [-0.15, -0.1) is 0 Å². The minimum atomic E-state index is -4.96. The van der Waals surface area contributed by atoms with Gasteiger partial charge >= 0.3 is 0 Å². The molecule has 0 fully saturated rings. The molecular weight excluding hydrogens is 492 g/mol. The van der Waals surface area contributed by atoms with Crippen LogP contribution in [0.4, 0.5) is 38.0 Å². The maximum Gasteiger partial charge on any atom is 0.263 e. The highest BCUT2D eigenvalue weighted by Gasteiger charge is 2.35. The Morgan fingerprint density at radius 3 is 2.47 bits per heavy atom.